The van der Waals surface area contributed by atoms with Crippen molar-refractivity contribution in [1.82, 2.24) is 13.9 Å². The number of rotatable bonds is 3. The molecule has 1 amide bonds. The van der Waals surface area contributed by atoms with Gasteiger partial charge in [-0.15, -0.1) is 0 Å². The van der Waals surface area contributed by atoms with Crippen LogP contribution in [-0.2, 0) is 19.7 Å². The van der Waals surface area contributed by atoms with E-state index in [9.17, 15) is 13.2 Å². The minimum Gasteiger partial charge on any atom is -0.379 e. The summed E-state index contributed by atoms with van der Waals surface area (Å²) in [6.07, 6.45) is 1.47. The molecule has 0 saturated carbocycles. The van der Waals surface area contributed by atoms with Gasteiger partial charge in [0.05, 0.1) is 19.1 Å². The number of amides is 1. The predicted molar refractivity (Wildman–Crippen MR) is 69.7 cm³/mol. The molecule has 0 aliphatic carbocycles. The van der Waals surface area contributed by atoms with Gasteiger partial charge in [-0.3, -0.25) is 4.79 Å². The van der Waals surface area contributed by atoms with Crippen molar-refractivity contribution in [1.29, 1.82) is 0 Å². The van der Waals surface area contributed by atoms with Gasteiger partial charge in [-0.25, -0.2) is 0 Å². The van der Waals surface area contributed by atoms with Gasteiger partial charge in [-0.05, 0) is 12.8 Å². The molecule has 0 bridgehead atoms. The fourth-order valence-electron chi connectivity index (χ4n) is 2.51. The molecule has 0 aromatic carbocycles. The molecule has 8 heteroatoms. The highest BCUT2D eigenvalue weighted by molar-refractivity contribution is 7.86. The summed E-state index contributed by atoms with van der Waals surface area (Å²) in [5, 5.41) is 2.59. The molecule has 7 nitrogen and oxygen atoms in total. The monoisotopic (exact) mass is 291 g/mol. The van der Waals surface area contributed by atoms with Crippen LogP contribution >= 0.6 is 0 Å². The largest absolute Gasteiger partial charge is 0.379 e. The summed E-state index contributed by atoms with van der Waals surface area (Å²) in [4.78, 5) is 11.6. The Hall–Kier alpha value is -0.700. The molecular formula is C11H21N3O4S. The second-order valence-electron chi connectivity index (χ2n) is 4.83. The first kappa shape index (κ1) is 14.7. The number of hydrogen-bond donors (Lipinski definition) is 1. The van der Waals surface area contributed by atoms with Crippen LogP contribution in [0.3, 0.4) is 0 Å². The van der Waals surface area contributed by atoms with Gasteiger partial charge in [0.1, 0.15) is 0 Å². The van der Waals surface area contributed by atoms with Gasteiger partial charge in [-0.1, -0.05) is 0 Å². The van der Waals surface area contributed by atoms with Crippen LogP contribution in [0.2, 0.25) is 0 Å². The van der Waals surface area contributed by atoms with E-state index < -0.39 is 10.2 Å². The summed E-state index contributed by atoms with van der Waals surface area (Å²) in [6, 6.07) is 0. The molecule has 0 spiro atoms. The molecular weight excluding hydrogens is 270 g/mol. The van der Waals surface area contributed by atoms with E-state index >= 15 is 0 Å². The van der Waals surface area contributed by atoms with Crippen LogP contribution in [0.15, 0.2) is 0 Å². The number of morpholine rings is 1. The zero-order valence-corrected chi connectivity index (χ0v) is 12.0. The first-order chi connectivity index (χ1) is 9.05. The minimum absolute atomic E-state index is 0.0816. The minimum atomic E-state index is -3.45. The molecule has 19 heavy (non-hydrogen) atoms. The summed E-state index contributed by atoms with van der Waals surface area (Å²) in [5.41, 5.74) is 0. The van der Waals surface area contributed by atoms with Gasteiger partial charge in [0, 0.05) is 33.2 Å². The zero-order valence-electron chi connectivity index (χ0n) is 11.2. The lowest BCUT2D eigenvalue weighted by Crippen LogP contribution is -2.52. The number of nitrogens with one attached hydrogen (secondary N) is 1. The van der Waals surface area contributed by atoms with E-state index in [4.69, 9.17) is 4.74 Å². The molecule has 1 atom stereocenters. The van der Waals surface area contributed by atoms with E-state index in [-0.39, 0.29) is 18.4 Å². The Kier molecular flexibility index (Phi) is 4.77. The SMILES string of the molecule is CNC(=O)C1CCCN(S(=O)(=O)N2CCOCC2)C1. The van der Waals surface area contributed by atoms with Crippen LogP contribution in [0.5, 0.6) is 0 Å². The number of carbonyl (C=O) groups excluding carboxylic acids is 1. The highest BCUT2D eigenvalue weighted by Gasteiger charge is 2.36. The lowest BCUT2D eigenvalue weighted by Gasteiger charge is -2.36. The third-order valence-electron chi connectivity index (χ3n) is 3.62. The van der Waals surface area contributed by atoms with Crippen molar-refractivity contribution in [3.05, 3.63) is 0 Å². The Balaban J connectivity index is 2.05. The fraction of sp³-hybridized carbons (Fsp3) is 0.909. The second kappa shape index (κ2) is 6.17. The first-order valence-corrected chi connectivity index (χ1v) is 8.00. The van der Waals surface area contributed by atoms with E-state index in [1.54, 1.807) is 7.05 Å². The molecule has 2 saturated heterocycles. The molecule has 2 heterocycles. The van der Waals surface area contributed by atoms with Gasteiger partial charge in [-0.2, -0.15) is 17.0 Å². The van der Waals surface area contributed by atoms with Crippen LogP contribution in [0, 0.1) is 5.92 Å². The highest BCUT2D eigenvalue weighted by atomic mass is 32.2. The maximum Gasteiger partial charge on any atom is 0.282 e. The molecule has 2 aliphatic heterocycles. The molecule has 0 radical (unpaired) electrons. The third kappa shape index (κ3) is 3.25. The summed E-state index contributed by atoms with van der Waals surface area (Å²) in [7, 11) is -1.87. The van der Waals surface area contributed by atoms with Crippen molar-refractivity contribution in [2.24, 2.45) is 5.92 Å². The first-order valence-electron chi connectivity index (χ1n) is 6.60. The van der Waals surface area contributed by atoms with Gasteiger partial charge >= 0.3 is 0 Å². The Morgan fingerprint density at radius 1 is 1.21 bits per heavy atom. The highest BCUT2D eigenvalue weighted by Crippen LogP contribution is 2.21. The molecule has 0 aromatic heterocycles. The van der Waals surface area contributed by atoms with E-state index in [1.807, 2.05) is 0 Å². The number of nitrogens with zero attached hydrogens (tertiary/aromatic N) is 2. The molecule has 110 valence electrons. The second-order valence-corrected chi connectivity index (χ2v) is 6.76. The van der Waals surface area contributed by atoms with Gasteiger partial charge in [0.2, 0.25) is 5.91 Å². The van der Waals surface area contributed by atoms with E-state index in [1.165, 1.54) is 8.61 Å². The summed E-state index contributed by atoms with van der Waals surface area (Å²) in [5.74, 6) is -0.323. The number of hydrogen-bond acceptors (Lipinski definition) is 4. The van der Waals surface area contributed by atoms with Gasteiger partial charge in [0.15, 0.2) is 0 Å². The fourth-order valence-corrected chi connectivity index (χ4v) is 4.18. The Morgan fingerprint density at radius 3 is 2.53 bits per heavy atom. The molecule has 0 aromatic rings. The van der Waals surface area contributed by atoms with Gasteiger partial charge in [0.25, 0.3) is 10.2 Å². The number of carbonyl (C=O) groups is 1. The summed E-state index contributed by atoms with van der Waals surface area (Å²) in [6.45, 7) is 2.43. The lowest BCUT2D eigenvalue weighted by molar-refractivity contribution is -0.125. The molecule has 2 fully saturated rings. The van der Waals surface area contributed by atoms with Gasteiger partial charge < -0.3 is 10.1 Å². The number of ether oxygens (including phenoxy) is 1. The zero-order chi connectivity index (χ0) is 13.9. The van der Waals surface area contributed by atoms with E-state index in [2.05, 4.69) is 5.32 Å². The van der Waals surface area contributed by atoms with Crippen molar-refractivity contribution in [3.8, 4) is 0 Å². The number of piperidine rings is 1. The van der Waals surface area contributed by atoms with Crippen molar-refractivity contribution >= 4 is 16.1 Å². The van der Waals surface area contributed by atoms with E-state index in [0.29, 0.717) is 32.8 Å². The van der Waals surface area contributed by atoms with Crippen molar-refractivity contribution in [2.45, 2.75) is 12.8 Å². The van der Waals surface area contributed by atoms with Crippen molar-refractivity contribution in [2.75, 3.05) is 46.4 Å². The third-order valence-corrected chi connectivity index (χ3v) is 5.63. The molecule has 1 N–H and O–H groups in total. The molecule has 1 unspecified atom stereocenters. The maximum atomic E-state index is 12.5. The maximum absolute atomic E-state index is 12.5. The normalized spacial score (nSPS) is 27.1. The van der Waals surface area contributed by atoms with Crippen molar-refractivity contribution in [3.63, 3.8) is 0 Å². The lowest BCUT2D eigenvalue weighted by atomic mass is 9.99. The Labute approximate surface area is 114 Å². The molecule has 2 rings (SSSR count). The smallest absolute Gasteiger partial charge is 0.282 e. The van der Waals surface area contributed by atoms with Crippen LogP contribution in [0.1, 0.15) is 12.8 Å². The Morgan fingerprint density at radius 2 is 1.89 bits per heavy atom. The summed E-state index contributed by atoms with van der Waals surface area (Å²) >= 11 is 0. The predicted octanol–water partition coefficient (Wildman–Crippen LogP) is -0.979. The van der Waals surface area contributed by atoms with Crippen LogP contribution < -0.4 is 5.32 Å². The van der Waals surface area contributed by atoms with Crippen LogP contribution in [-0.4, -0.2) is 69.4 Å². The topological polar surface area (TPSA) is 79.0 Å². The van der Waals surface area contributed by atoms with Crippen LogP contribution in [0.25, 0.3) is 0 Å². The quantitative estimate of drug-likeness (QED) is 0.725. The Bertz CT molecular complexity index is 420. The molecule has 2 aliphatic rings. The van der Waals surface area contributed by atoms with Crippen molar-refractivity contribution < 1.29 is 17.9 Å². The average Bonchev–Trinajstić information content (AvgIpc) is 2.47. The standard InChI is InChI=1S/C11H21N3O4S/c1-12-11(15)10-3-2-4-14(9-10)19(16,17)13-5-7-18-8-6-13/h10H,2-9H2,1H3,(H,12,15). The summed E-state index contributed by atoms with van der Waals surface area (Å²) < 4.78 is 33.0. The average molecular weight is 291 g/mol. The van der Waals surface area contributed by atoms with E-state index in [0.717, 1.165) is 12.8 Å². The van der Waals surface area contributed by atoms with Crippen LogP contribution in [0.4, 0.5) is 0 Å².